The minimum Gasteiger partial charge on any atom is -0.346 e. The zero-order valence-corrected chi connectivity index (χ0v) is 47.7. The van der Waals surface area contributed by atoms with Crippen LogP contribution in [0.25, 0.3) is 55.3 Å². The first kappa shape index (κ1) is 61.3. The van der Waals surface area contributed by atoms with Gasteiger partial charge in [0.05, 0.1) is 56.0 Å². The van der Waals surface area contributed by atoms with Crippen LogP contribution in [-0.2, 0) is 35.2 Å². The number of hydrogen-bond donors (Lipinski definition) is 0. The zero-order valence-electron chi connectivity index (χ0n) is 47.7. The fourth-order valence-electron chi connectivity index (χ4n) is 7.52. The highest BCUT2D eigenvalue weighted by Crippen LogP contribution is 2.21. The second-order valence-corrected chi connectivity index (χ2v) is 15.4. The molecule has 70 heavy (non-hydrogen) atoms. The van der Waals surface area contributed by atoms with E-state index >= 15 is 0 Å². The van der Waals surface area contributed by atoms with Crippen molar-refractivity contribution in [1.82, 2.24) is 62.7 Å². The molecule has 0 N–H and O–H groups in total. The van der Waals surface area contributed by atoms with Crippen molar-refractivity contribution in [1.29, 1.82) is 0 Å². The number of benzene rings is 1. The largest absolute Gasteiger partial charge is 0.346 e. The number of pyridine rings is 4. The third-order valence-electron chi connectivity index (χ3n) is 11.3. The van der Waals surface area contributed by atoms with Crippen molar-refractivity contribution in [3.05, 3.63) is 130 Å². The van der Waals surface area contributed by atoms with Crippen LogP contribution < -0.4 is 0 Å². The Hall–Kier alpha value is -6.76. The number of hydrogen-bond acceptors (Lipinski definition) is 8. The van der Waals surface area contributed by atoms with Crippen molar-refractivity contribution in [3.63, 3.8) is 0 Å². The molecule has 0 amide bonds. The predicted molar refractivity (Wildman–Crippen MR) is 301 cm³/mol. The molecule has 13 nitrogen and oxygen atoms in total. The van der Waals surface area contributed by atoms with Gasteiger partial charge in [-0.3, -0.25) is 15.0 Å². The fourth-order valence-corrected chi connectivity index (χ4v) is 7.52. The van der Waals surface area contributed by atoms with Gasteiger partial charge < -0.3 is 22.8 Å². The first-order valence-electron chi connectivity index (χ1n) is 25.0. The molecule has 10 aromatic rings. The highest BCUT2D eigenvalue weighted by molar-refractivity contribution is 5.81. The van der Waals surface area contributed by atoms with E-state index in [1.807, 2.05) is 162 Å². The van der Waals surface area contributed by atoms with Crippen molar-refractivity contribution < 1.29 is 0 Å². The highest BCUT2D eigenvalue weighted by Gasteiger charge is 2.09. The van der Waals surface area contributed by atoms with Gasteiger partial charge in [0.1, 0.15) is 28.8 Å². The quantitative estimate of drug-likeness (QED) is 0.147. The number of fused-ring (bicyclic) bond motifs is 5. The SMILES string of the molecule is CC.CC.CC.CC.CC.Cc1cccc2nc(C)n(C)c12.Cc1ccnc2cc(C)n(C)c12.Cc1ccnc2nc(C)n(C)c12.Cc1cncc2nc(C)n(C)c12.Cc1nccc2nc(C)n(C)c12. The third kappa shape index (κ3) is 14.6. The Balaban J connectivity index is 0.000000418. The molecule has 0 atom stereocenters. The van der Waals surface area contributed by atoms with E-state index in [4.69, 9.17) is 0 Å². The number of para-hydroxylation sites is 1. The molecule has 380 valence electrons. The van der Waals surface area contributed by atoms with Crippen molar-refractivity contribution >= 4 is 55.3 Å². The summed E-state index contributed by atoms with van der Waals surface area (Å²) >= 11 is 0. The van der Waals surface area contributed by atoms with Crippen molar-refractivity contribution in [2.75, 3.05) is 0 Å². The van der Waals surface area contributed by atoms with Crippen LogP contribution in [0.1, 0.15) is 126 Å². The molecule has 0 aliphatic rings. The summed E-state index contributed by atoms with van der Waals surface area (Å²) in [7, 11) is 10.2. The number of aryl methyl sites for hydroxylation is 15. The Bertz CT molecular complexity index is 2630. The number of imidazole rings is 4. The average molecular weight is 954 g/mol. The molecule has 0 spiro atoms. The van der Waals surface area contributed by atoms with E-state index in [1.54, 1.807) is 18.6 Å². The van der Waals surface area contributed by atoms with Crippen LogP contribution in [0, 0.1) is 69.2 Å². The summed E-state index contributed by atoms with van der Waals surface area (Å²) in [5.74, 6) is 4.13. The Morgan fingerprint density at radius 1 is 0.343 bits per heavy atom. The summed E-state index contributed by atoms with van der Waals surface area (Å²) < 4.78 is 10.5. The van der Waals surface area contributed by atoms with Crippen LogP contribution in [0.4, 0.5) is 0 Å². The molecule has 0 radical (unpaired) electrons. The minimum atomic E-state index is 0.843. The Morgan fingerprint density at radius 3 is 1.26 bits per heavy atom. The molecule has 1 aromatic carbocycles. The molecule has 0 fully saturated rings. The lowest BCUT2D eigenvalue weighted by Crippen LogP contribution is -1.93. The monoisotopic (exact) mass is 954 g/mol. The summed E-state index contributed by atoms with van der Waals surface area (Å²) in [5.41, 5.74) is 18.3. The highest BCUT2D eigenvalue weighted by atomic mass is 15.1. The average Bonchev–Trinajstić information content (AvgIpc) is 4.12. The van der Waals surface area contributed by atoms with Crippen molar-refractivity contribution in [3.8, 4) is 0 Å². The predicted octanol–water partition coefficient (Wildman–Crippen LogP) is 14.3. The standard InChI is InChI=1S/2C10H12N2.3C9H11N3.5C2H6/c1-7-4-5-11-9-6-8(2)12(3)10(7)9;1-7-5-4-6-9-10(7)12(3)8(2)11-9;1-6-4-10-5-8-9(6)12(3)7(2)11-8;1-6-9-8(4-5-10-6)11-7(2)12(9)3;1-6-4-5-10-9-8(6)12(3)7(2)11-9;5*1-2/h2*4-6H,1-3H3;3*4-5H,1-3H3;5*1-2H3. The van der Waals surface area contributed by atoms with Crippen LogP contribution in [0.3, 0.4) is 0 Å². The lowest BCUT2D eigenvalue weighted by Gasteiger charge is -2.00. The Morgan fingerprint density at radius 2 is 0.757 bits per heavy atom. The molecule has 0 aliphatic carbocycles. The van der Waals surface area contributed by atoms with E-state index < -0.39 is 0 Å². The van der Waals surface area contributed by atoms with Gasteiger partial charge in [0, 0.05) is 65.7 Å². The molecular formula is C57H87N13. The molecule has 10 rings (SSSR count). The lowest BCUT2D eigenvalue weighted by molar-refractivity contribution is 0.880. The second kappa shape index (κ2) is 30.0. The van der Waals surface area contributed by atoms with Gasteiger partial charge in [-0.25, -0.2) is 24.9 Å². The fraction of sp³-hybridized carbons (Fsp3) is 0.439. The molecule has 9 heterocycles. The molecule has 0 aliphatic heterocycles. The summed E-state index contributed by atoms with van der Waals surface area (Å²) in [5, 5.41) is 0. The van der Waals surface area contributed by atoms with Crippen molar-refractivity contribution in [2.24, 2.45) is 35.2 Å². The number of rotatable bonds is 0. The van der Waals surface area contributed by atoms with Gasteiger partial charge in [-0.1, -0.05) is 81.4 Å². The normalized spacial score (nSPS) is 9.79. The molecule has 0 saturated heterocycles. The summed E-state index contributed by atoms with van der Waals surface area (Å²) in [6.07, 6.45) is 9.12. The zero-order chi connectivity index (χ0) is 53.6. The van der Waals surface area contributed by atoms with Gasteiger partial charge in [-0.15, -0.1) is 0 Å². The van der Waals surface area contributed by atoms with Gasteiger partial charge in [0.2, 0.25) is 0 Å². The van der Waals surface area contributed by atoms with Gasteiger partial charge in [0.25, 0.3) is 0 Å². The van der Waals surface area contributed by atoms with E-state index in [2.05, 4.69) is 130 Å². The molecule has 13 heteroatoms. The van der Waals surface area contributed by atoms with Crippen LogP contribution in [0.15, 0.2) is 73.4 Å². The maximum atomic E-state index is 4.44. The second-order valence-electron chi connectivity index (χ2n) is 15.4. The van der Waals surface area contributed by atoms with E-state index in [0.717, 1.165) is 67.7 Å². The first-order valence-corrected chi connectivity index (χ1v) is 25.0. The van der Waals surface area contributed by atoms with Crippen molar-refractivity contribution in [2.45, 2.75) is 138 Å². The maximum absolute atomic E-state index is 4.44. The van der Waals surface area contributed by atoms with Gasteiger partial charge >= 0.3 is 0 Å². The van der Waals surface area contributed by atoms with Gasteiger partial charge in [-0.05, 0) is 122 Å². The Kier molecular flexibility index (Phi) is 26.2. The molecular weight excluding hydrogens is 867 g/mol. The van der Waals surface area contributed by atoms with E-state index in [0.29, 0.717) is 0 Å². The summed E-state index contributed by atoms with van der Waals surface area (Å²) in [6, 6.07) is 14.3. The van der Waals surface area contributed by atoms with E-state index in [-0.39, 0.29) is 0 Å². The molecule has 0 saturated carbocycles. The summed E-state index contributed by atoms with van der Waals surface area (Å²) in [6.45, 7) is 40.5. The van der Waals surface area contributed by atoms with Gasteiger partial charge in [-0.2, -0.15) is 0 Å². The number of nitrogens with zero attached hydrogens (tertiary/aromatic N) is 13. The molecule has 0 unspecified atom stereocenters. The third-order valence-corrected chi connectivity index (χ3v) is 11.3. The Labute approximate surface area is 420 Å². The topological polar surface area (TPSA) is 128 Å². The van der Waals surface area contributed by atoms with Gasteiger partial charge in [0.15, 0.2) is 5.65 Å². The lowest BCUT2D eigenvalue weighted by atomic mass is 10.2. The summed E-state index contributed by atoms with van der Waals surface area (Å²) in [4.78, 5) is 34.3. The number of aromatic nitrogens is 13. The minimum absolute atomic E-state index is 0.843. The molecule has 9 aromatic heterocycles. The first-order chi connectivity index (χ1) is 33.5. The van der Waals surface area contributed by atoms with E-state index in [1.165, 1.54) is 44.5 Å². The van der Waals surface area contributed by atoms with Crippen LogP contribution in [0.2, 0.25) is 0 Å². The van der Waals surface area contributed by atoms with Crippen LogP contribution in [0.5, 0.6) is 0 Å². The van der Waals surface area contributed by atoms with Crippen LogP contribution >= 0.6 is 0 Å². The molecule has 0 bridgehead atoms. The van der Waals surface area contributed by atoms with Crippen LogP contribution in [-0.4, -0.2) is 62.7 Å². The maximum Gasteiger partial charge on any atom is 0.178 e. The van der Waals surface area contributed by atoms with E-state index in [9.17, 15) is 0 Å². The smallest absolute Gasteiger partial charge is 0.178 e.